The van der Waals surface area contributed by atoms with Crippen molar-refractivity contribution in [1.29, 1.82) is 0 Å². The van der Waals surface area contributed by atoms with Crippen molar-refractivity contribution in [3.63, 3.8) is 0 Å². The van der Waals surface area contributed by atoms with Gasteiger partial charge < -0.3 is 10.1 Å². The molecule has 0 bridgehead atoms. The lowest BCUT2D eigenvalue weighted by Crippen LogP contribution is -1.83. The molecule has 3 nitrogen and oxygen atoms in total. The second kappa shape index (κ2) is 1.73. The van der Waals surface area contributed by atoms with E-state index in [0.717, 1.165) is 11.3 Å². The zero-order valence-corrected chi connectivity index (χ0v) is 5.20. The first-order valence-electron chi connectivity index (χ1n) is 2.99. The molecule has 0 fully saturated rings. The van der Waals surface area contributed by atoms with Gasteiger partial charge in [-0.2, -0.15) is 0 Å². The normalized spacial score (nSPS) is 10.4. The average molecular weight is 134 g/mol. The number of hydrogen-bond acceptors (Lipinski definition) is 2. The highest BCUT2D eigenvalue weighted by atomic mass is 16.3. The Balaban J connectivity index is 2.80. The van der Waals surface area contributed by atoms with E-state index in [1.165, 1.54) is 6.33 Å². The van der Waals surface area contributed by atoms with Crippen LogP contribution in [0.1, 0.15) is 0 Å². The number of aromatic hydroxyl groups is 1. The van der Waals surface area contributed by atoms with Gasteiger partial charge in [0.15, 0.2) is 0 Å². The summed E-state index contributed by atoms with van der Waals surface area (Å²) in [5, 5.41) is 9.13. The van der Waals surface area contributed by atoms with E-state index in [2.05, 4.69) is 9.97 Å². The number of aromatic amines is 1. The second-order valence-corrected chi connectivity index (χ2v) is 2.08. The molecule has 0 aromatic carbocycles. The fourth-order valence-corrected chi connectivity index (χ4v) is 0.973. The number of rotatable bonds is 0. The number of fused-ring (bicyclic) bond motifs is 1. The van der Waals surface area contributed by atoms with E-state index in [0.29, 0.717) is 0 Å². The molecule has 0 radical (unpaired) electrons. The molecule has 10 heavy (non-hydrogen) atoms. The molecule has 0 atom stereocenters. The van der Waals surface area contributed by atoms with Crippen LogP contribution in [0.3, 0.4) is 0 Å². The van der Waals surface area contributed by atoms with Crippen molar-refractivity contribution >= 4 is 0 Å². The number of H-pyrrole nitrogens is 1. The van der Waals surface area contributed by atoms with Crippen LogP contribution in [0.5, 0.6) is 5.88 Å². The molecule has 0 saturated carbocycles. The summed E-state index contributed by atoms with van der Waals surface area (Å²) in [4.78, 5) is 6.58. The third-order valence-corrected chi connectivity index (χ3v) is 1.46. The number of hydrogen-bond donors (Lipinski definition) is 2. The first-order valence-corrected chi connectivity index (χ1v) is 2.99. The van der Waals surface area contributed by atoms with E-state index in [9.17, 15) is 0 Å². The molecule has 50 valence electrons. The minimum atomic E-state index is 0.0822. The summed E-state index contributed by atoms with van der Waals surface area (Å²) in [6.45, 7) is 0. The molecular formula is C7H6N2O. The van der Waals surface area contributed by atoms with Crippen LogP contribution in [0.25, 0.3) is 11.3 Å². The standard InChI is InChI=1S/C7H6N2O/c10-7-5-2-1-3-6(5)8-4-9-7/h1-4,10H,(H,8,9). The highest BCUT2D eigenvalue weighted by molar-refractivity contribution is 5.66. The smallest absolute Gasteiger partial charge is 0.221 e. The van der Waals surface area contributed by atoms with Crippen molar-refractivity contribution in [2.75, 3.05) is 0 Å². The molecule has 2 aliphatic rings. The molecule has 0 aromatic rings. The van der Waals surface area contributed by atoms with Gasteiger partial charge in [0.05, 0.1) is 17.6 Å². The van der Waals surface area contributed by atoms with Crippen LogP contribution in [0, 0.1) is 0 Å². The van der Waals surface area contributed by atoms with Crippen LogP contribution in [0.15, 0.2) is 24.5 Å². The summed E-state index contributed by atoms with van der Waals surface area (Å²) in [6, 6.07) is 5.56. The zero-order valence-electron chi connectivity index (χ0n) is 5.20. The topological polar surface area (TPSA) is 48.9 Å². The summed E-state index contributed by atoms with van der Waals surface area (Å²) in [6.07, 6.45) is 1.47. The first kappa shape index (κ1) is 5.29. The van der Waals surface area contributed by atoms with Crippen molar-refractivity contribution < 1.29 is 5.11 Å². The molecule has 1 aliphatic heterocycles. The Morgan fingerprint density at radius 3 is 3.10 bits per heavy atom. The maximum absolute atomic E-state index is 9.13. The van der Waals surface area contributed by atoms with Crippen molar-refractivity contribution in [3.8, 4) is 17.1 Å². The third kappa shape index (κ3) is 0.572. The molecule has 2 rings (SSSR count). The summed E-state index contributed by atoms with van der Waals surface area (Å²) in [5.74, 6) is 0.0822. The quantitative estimate of drug-likeness (QED) is 0.569. The van der Waals surface area contributed by atoms with Crippen LogP contribution >= 0.6 is 0 Å². The van der Waals surface area contributed by atoms with Gasteiger partial charge in [0.1, 0.15) is 0 Å². The Morgan fingerprint density at radius 1 is 1.40 bits per heavy atom. The van der Waals surface area contributed by atoms with Crippen LogP contribution in [0.4, 0.5) is 0 Å². The molecule has 1 aliphatic carbocycles. The Labute approximate surface area is 57.7 Å². The number of aromatic nitrogens is 2. The van der Waals surface area contributed by atoms with Gasteiger partial charge in [0.2, 0.25) is 5.88 Å². The van der Waals surface area contributed by atoms with Gasteiger partial charge in [-0.1, -0.05) is 6.07 Å². The Hall–Kier alpha value is -1.51. The van der Waals surface area contributed by atoms with E-state index < -0.39 is 0 Å². The highest BCUT2D eigenvalue weighted by Crippen LogP contribution is 2.26. The van der Waals surface area contributed by atoms with Crippen LogP contribution in [-0.2, 0) is 0 Å². The van der Waals surface area contributed by atoms with Crippen molar-refractivity contribution in [3.05, 3.63) is 24.5 Å². The number of nitrogens with zero attached hydrogens (tertiary/aromatic N) is 1. The minimum Gasteiger partial charge on any atom is -0.493 e. The molecular weight excluding hydrogens is 128 g/mol. The van der Waals surface area contributed by atoms with Gasteiger partial charge >= 0.3 is 0 Å². The van der Waals surface area contributed by atoms with Crippen molar-refractivity contribution in [2.45, 2.75) is 0 Å². The Morgan fingerprint density at radius 2 is 2.30 bits per heavy atom. The average Bonchev–Trinajstić information content (AvgIpc) is 2.36. The monoisotopic (exact) mass is 134 g/mol. The molecule has 0 aromatic heterocycles. The van der Waals surface area contributed by atoms with Crippen LogP contribution < -0.4 is 0 Å². The van der Waals surface area contributed by atoms with Gasteiger partial charge in [-0.15, -0.1) is 0 Å². The first-order chi connectivity index (χ1) is 4.88. The number of nitrogens with one attached hydrogen (secondary N) is 1. The molecule has 0 unspecified atom stereocenters. The third-order valence-electron chi connectivity index (χ3n) is 1.46. The highest BCUT2D eigenvalue weighted by Gasteiger charge is 2.05. The van der Waals surface area contributed by atoms with Crippen LogP contribution in [0.2, 0.25) is 0 Å². The van der Waals surface area contributed by atoms with E-state index in [1.54, 1.807) is 0 Å². The summed E-state index contributed by atoms with van der Waals surface area (Å²) >= 11 is 0. The van der Waals surface area contributed by atoms with E-state index >= 15 is 0 Å². The molecule has 1 heterocycles. The lowest BCUT2D eigenvalue weighted by atomic mass is 10.3. The maximum Gasteiger partial charge on any atom is 0.221 e. The Kier molecular flexibility index (Phi) is 0.917. The summed E-state index contributed by atoms with van der Waals surface area (Å²) in [7, 11) is 0. The van der Waals surface area contributed by atoms with Gasteiger partial charge in [-0.3, -0.25) is 0 Å². The van der Waals surface area contributed by atoms with E-state index in [-0.39, 0.29) is 5.88 Å². The molecule has 2 N–H and O–H groups in total. The molecule has 0 amide bonds. The van der Waals surface area contributed by atoms with Gasteiger partial charge in [-0.25, -0.2) is 4.98 Å². The molecule has 0 spiro atoms. The maximum atomic E-state index is 9.13. The Bertz CT molecular complexity index is 315. The van der Waals surface area contributed by atoms with Gasteiger partial charge in [-0.05, 0) is 12.1 Å². The lowest BCUT2D eigenvalue weighted by molar-refractivity contribution is 0.454. The van der Waals surface area contributed by atoms with Gasteiger partial charge in [0, 0.05) is 0 Å². The second-order valence-electron chi connectivity index (χ2n) is 2.08. The predicted octanol–water partition coefficient (Wildman–Crippen LogP) is 1.22. The molecule has 3 heteroatoms. The van der Waals surface area contributed by atoms with Crippen LogP contribution in [-0.4, -0.2) is 15.1 Å². The van der Waals surface area contributed by atoms with E-state index in [1.807, 2.05) is 18.2 Å². The summed E-state index contributed by atoms with van der Waals surface area (Å²) < 4.78 is 0. The summed E-state index contributed by atoms with van der Waals surface area (Å²) in [5.41, 5.74) is 1.68. The van der Waals surface area contributed by atoms with Crippen molar-refractivity contribution in [1.82, 2.24) is 9.97 Å². The minimum absolute atomic E-state index is 0.0822. The largest absolute Gasteiger partial charge is 0.493 e. The molecule has 0 saturated heterocycles. The van der Waals surface area contributed by atoms with E-state index in [4.69, 9.17) is 5.11 Å². The fraction of sp³-hybridized carbons (Fsp3) is 0. The van der Waals surface area contributed by atoms with Gasteiger partial charge in [0.25, 0.3) is 0 Å². The predicted molar refractivity (Wildman–Crippen MR) is 36.9 cm³/mol. The zero-order chi connectivity index (χ0) is 6.97. The SMILES string of the molecule is Oc1nc[nH]c2cccc1-2. The van der Waals surface area contributed by atoms with Crippen molar-refractivity contribution in [2.24, 2.45) is 0 Å². The fourth-order valence-electron chi connectivity index (χ4n) is 0.973. The lowest BCUT2D eigenvalue weighted by Gasteiger charge is -1.98.